The van der Waals surface area contributed by atoms with Crippen LogP contribution in [0.5, 0.6) is 0 Å². The Morgan fingerprint density at radius 3 is 2.26 bits per heavy atom. The first-order valence-corrected chi connectivity index (χ1v) is 7.87. The van der Waals surface area contributed by atoms with Gasteiger partial charge in [0.1, 0.15) is 0 Å². The molecule has 1 amide bonds. The predicted molar refractivity (Wildman–Crippen MR) is 88.7 cm³/mol. The smallest absolute Gasteiger partial charge is 0.255 e. The summed E-state index contributed by atoms with van der Waals surface area (Å²) in [5, 5.41) is 2.89. The van der Waals surface area contributed by atoms with Gasteiger partial charge < -0.3 is 5.32 Å². The van der Waals surface area contributed by atoms with Crippen LogP contribution < -0.4 is 5.32 Å². The average Bonchev–Trinajstić information content (AvgIpc) is 2.32. The summed E-state index contributed by atoms with van der Waals surface area (Å²) in [4.78, 5) is 12.2. The summed E-state index contributed by atoms with van der Waals surface area (Å²) in [5.74, 6) is -0.145. The third-order valence-corrected chi connectivity index (χ3v) is 4.10. The van der Waals surface area contributed by atoms with Crippen molar-refractivity contribution in [2.75, 3.05) is 5.32 Å². The summed E-state index contributed by atoms with van der Waals surface area (Å²) in [6, 6.07) is 11.3. The van der Waals surface area contributed by atoms with Gasteiger partial charge in [-0.2, -0.15) is 0 Å². The minimum Gasteiger partial charge on any atom is -0.321 e. The lowest BCUT2D eigenvalue weighted by Gasteiger charge is -2.09. The zero-order valence-electron chi connectivity index (χ0n) is 10.0. The number of carbonyl (C=O) groups excluding carboxylic acids is 1. The lowest BCUT2D eigenvalue weighted by molar-refractivity contribution is 0.102. The van der Waals surface area contributed by atoms with E-state index in [1.54, 1.807) is 12.1 Å². The lowest BCUT2D eigenvalue weighted by Crippen LogP contribution is -2.12. The molecule has 0 aliphatic carbocycles. The maximum Gasteiger partial charge on any atom is 0.255 e. The summed E-state index contributed by atoms with van der Waals surface area (Å²) >= 11 is 10.2. The van der Waals surface area contributed by atoms with Gasteiger partial charge in [0, 0.05) is 19.0 Å². The highest BCUT2D eigenvalue weighted by molar-refractivity contribution is 9.11. The van der Waals surface area contributed by atoms with E-state index >= 15 is 0 Å². The van der Waals surface area contributed by atoms with Crippen LogP contribution in [-0.4, -0.2) is 5.91 Å². The zero-order valence-corrected chi connectivity index (χ0v) is 14.8. The monoisotopic (exact) mass is 445 g/mol. The van der Waals surface area contributed by atoms with E-state index in [-0.39, 0.29) is 5.91 Å². The van der Waals surface area contributed by atoms with Crippen LogP contribution in [0.3, 0.4) is 0 Å². The third kappa shape index (κ3) is 3.91. The Labute approximate surface area is 137 Å². The maximum atomic E-state index is 12.2. The molecule has 0 fully saturated rings. The van der Waals surface area contributed by atoms with E-state index in [1.165, 1.54) is 0 Å². The number of halogens is 3. The first-order chi connectivity index (χ1) is 8.95. The molecule has 1 N–H and O–H groups in total. The van der Waals surface area contributed by atoms with Gasteiger partial charge in [0.05, 0.1) is 5.69 Å². The van der Waals surface area contributed by atoms with Gasteiger partial charge in [-0.05, 0) is 58.7 Å². The molecule has 0 aliphatic heterocycles. The number of carbonyl (C=O) groups is 1. The summed E-state index contributed by atoms with van der Waals surface area (Å²) in [6.45, 7) is 1.98. The van der Waals surface area contributed by atoms with E-state index in [0.717, 1.165) is 24.7 Å². The minimum absolute atomic E-state index is 0.145. The second-order valence-electron chi connectivity index (χ2n) is 4.10. The SMILES string of the molecule is Cc1ccc(Br)c(NC(=O)c2cc(Br)cc(Br)c2)c1. The minimum atomic E-state index is -0.145. The molecule has 0 radical (unpaired) electrons. The highest BCUT2D eigenvalue weighted by Crippen LogP contribution is 2.25. The van der Waals surface area contributed by atoms with E-state index in [9.17, 15) is 4.79 Å². The molecule has 98 valence electrons. The van der Waals surface area contributed by atoms with Crippen molar-refractivity contribution in [1.82, 2.24) is 0 Å². The molecule has 2 nitrogen and oxygen atoms in total. The van der Waals surface area contributed by atoms with Crippen molar-refractivity contribution in [1.29, 1.82) is 0 Å². The Bertz CT molecular complexity index is 620. The van der Waals surface area contributed by atoms with Gasteiger partial charge in [0.2, 0.25) is 0 Å². The van der Waals surface area contributed by atoms with Crippen molar-refractivity contribution in [2.24, 2.45) is 0 Å². The van der Waals surface area contributed by atoms with Gasteiger partial charge in [-0.15, -0.1) is 0 Å². The molecule has 0 bridgehead atoms. The molecular formula is C14H10Br3NO. The van der Waals surface area contributed by atoms with Gasteiger partial charge >= 0.3 is 0 Å². The van der Waals surface area contributed by atoms with Crippen molar-refractivity contribution in [3.8, 4) is 0 Å². The van der Waals surface area contributed by atoms with Crippen LogP contribution in [0, 0.1) is 6.92 Å². The van der Waals surface area contributed by atoms with E-state index in [4.69, 9.17) is 0 Å². The first kappa shape index (κ1) is 14.8. The summed E-state index contributed by atoms with van der Waals surface area (Å²) in [5.41, 5.74) is 2.45. The van der Waals surface area contributed by atoms with E-state index < -0.39 is 0 Å². The number of hydrogen-bond donors (Lipinski definition) is 1. The molecule has 0 heterocycles. The molecule has 0 saturated carbocycles. The van der Waals surface area contributed by atoms with Crippen LogP contribution in [0.4, 0.5) is 5.69 Å². The van der Waals surface area contributed by atoms with Crippen LogP contribution in [0.2, 0.25) is 0 Å². The topological polar surface area (TPSA) is 29.1 Å². The standard InChI is InChI=1S/C14H10Br3NO/c1-8-2-3-12(17)13(4-8)18-14(19)9-5-10(15)7-11(16)6-9/h2-7H,1H3,(H,18,19). The first-order valence-electron chi connectivity index (χ1n) is 5.49. The Kier molecular flexibility index (Phi) is 4.81. The molecular weight excluding hydrogens is 438 g/mol. The molecule has 2 aromatic rings. The number of benzene rings is 2. The fraction of sp³-hybridized carbons (Fsp3) is 0.0714. The molecule has 19 heavy (non-hydrogen) atoms. The number of nitrogens with one attached hydrogen (secondary N) is 1. The quantitative estimate of drug-likeness (QED) is 0.643. The van der Waals surface area contributed by atoms with Gasteiger partial charge in [0.15, 0.2) is 0 Å². The summed E-state index contributed by atoms with van der Waals surface area (Å²) in [7, 11) is 0. The molecule has 0 unspecified atom stereocenters. The maximum absolute atomic E-state index is 12.2. The molecule has 2 aromatic carbocycles. The highest BCUT2D eigenvalue weighted by atomic mass is 79.9. The third-order valence-electron chi connectivity index (χ3n) is 2.49. The molecule has 2 rings (SSSR count). The van der Waals surface area contributed by atoms with Crippen LogP contribution in [0.1, 0.15) is 15.9 Å². The van der Waals surface area contributed by atoms with Crippen molar-refractivity contribution < 1.29 is 4.79 Å². The van der Waals surface area contributed by atoms with Crippen LogP contribution in [0.25, 0.3) is 0 Å². The van der Waals surface area contributed by atoms with Gasteiger partial charge in [0.25, 0.3) is 5.91 Å². The molecule has 0 saturated heterocycles. The molecule has 0 spiro atoms. The largest absolute Gasteiger partial charge is 0.321 e. The second-order valence-corrected chi connectivity index (χ2v) is 6.78. The van der Waals surface area contributed by atoms with E-state index in [0.29, 0.717) is 5.56 Å². The molecule has 0 aromatic heterocycles. The van der Waals surface area contributed by atoms with Crippen molar-refractivity contribution >= 4 is 59.4 Å². The van der Waals surface area contributed by atoms with Crippen LogP contribution in [-0.2, 0) is 0 Å². The Morgan fingerprint density at radius 2 is 1.63 bits per heavy atom. The van der Waals surface area contributed by atoms with Crippen LogP contribution >= 0.6 is 47.8 Å². The van der Waals surface area contributed by atoms with Gasteiger partial charge in [-0.1, -0.05) is 37.9 Å². The molecule has 0 atom stereocenters. The number of hydrogen-bond acceptors (Lipinski definition) is 1. The van der Waals surface area contributed by atoms with E-state index in [1.807, 2.05) is 31.2 Å². The predicted octanol–water partition coefficient (Wildman–Crippen LogP) is 5.53. The molecule has 0 aliphatic rings. The Balaban J connectivity index is 2.28. The lowest BCUT2D eigenvalue weighted by atomic mass is 10.2. The Hall–Kier alpha value is -0.650. The second kappa shape index (κ2) is 6.20. The van der Waals surface area contributed by atoms with Crippen molar-refractivity contribution in [2.45, 2.75) is 6.92 Å². The fourth-order valence-corrected chi connectivity index (χ4v) is 3.25. The fourth-order valence-electron chi connectivity index (χ4n) is 1.61. The van der Waals surface area contributed by atoms with Crippen molar-refractivity contribution in [3.63, 3.8) is 0 Å². The number of amides is 1. The summed E-state index contributed by atoms with van der Waals surface area (Å²) < 4.78 is 2.58. The average molecular weight is 448 g/mol. The zero-order chi connectivity index (χ0) is 14.0. The number of anilines is 1. The van der Waals surface area contributed by atoms with Crippen molar-refractivity contribution in [3.05, 3.63) is 60.9 Å². The number of rotatable bonds is 2. The van der Waals surface area contributed by atoms with Gasteiger partial charge in [-0.3, -0.25) is 4.79 Å². The Morgan fingerprint density at radius 1 is 1.00 bits per heavy atom. The highest BCUT2D eigenvalue weighted by Gasteiger charge is 2.10. The molecule has 5 heteroatoms. The number of aryl methyl sites for hydroxylation is 1. The summed E-state index contributed by atoms with van der Waals surface area (Å²) in [6.07, 6.45) is 0. The van der Waals surface area contributed by atoms with Gasteiger partial charge in [-0.25, -0.2) is 0 Å². The van der Waals surface area contributed by atoms with E-state index in [2.05, 4.69) is 53.1 Å². The van der Waals surface area contributed by atoms with Crippen LogP contribution in [0.15, 0.2) is 49.8 Å². The normalized spacial score (nSPS) is 10.3.